The van der Waals surface area contributed by atoms with Crippen LogP contribution < -0.4 is 5.73 Å². The van der Waals surface area contributed by atoms with E-state index in [9.17, 15) is 0 Å². The number of thiazole rings is 1. The summed E-state index contributed by atoms with van der Waals surface area (Å²) in [7, 11) is 0. The molecule has 3 heteroatoms. The minimum absolute atomic E-state index is 0.355. The van der Waals surface area contributed by atoms with E-state index in [1.807, 2.05) is 5.51 Å². The van der Waals surface area contributed by atoms with Crippen molar-refractivity contribution in [2.45, 2.75) is 25.3 Å². The van der Waals surface area contributed by atoms with E-state index in [0.717, 1.165) is 24.8 Å². The summed E-state index contributed by atoms with van der Waals surface area (Å²) in [6.07, 6.45) is 3.26. The van der Waals surface area contributed by atoms with Crippen molar-refractivity contribution in [3.63, 3.8) is 0 Å². The van der Waals surface area contributed by atoms with Crippen molar-refractivity contribution in [3.05, 3.63) is 28.8 Å². The lowest BCUT2D eigenvalue weighted by molar-refractivity contribution is 0.577. The van der Waals surface area contributed by atoms with Gasteiger partial charge < -0.3 is 5.73 Å². The van der Waals surface area contributed by atoms with Gasteiger partial charge in [-0.25, -0.2) is 4.98 Å². The number of hydrogen-bond donors (Lipinski definition) is 1. The van der Waals surface area contributed by atoms with E-state index in [-0.39, 0.29) is 0 Å². The molecular formula is C11H12N2S. The van der Waals surface area contributed by atoms with E-state index in [4.69, 9.17) is 5.73 Å². The molecule has 0 radical (unpaired) electrons. The third-order valence-corrected chi connectivity index (χ3v) is 3.71. The van der Waals surface area contributed by atoms with Crippen LogP contribution in [0, 0.1) is 0 Å². The fourth-order valence-corrected chi connectivity index (χ4v) is 2.86. The van der Waals surface area contributed by atoms with Crippen molar-refractivity contribution < 1.29 is 0 Å². The lowest BCUT2D eigenvalue weighted by atomic mass is 9.89. The maximum atomic E-state index is 5.96. The van der Waals surface area contributed by atoms with Crippen LogP contribution in [0.3, 0.4) is 0 Å². The van der Waals surface area contributed by atoms with Crippen LogP contribution >= 0.6 is 11.3 Å². The molecule has 0 saturated carbocycles. The van der Waals surface area contributed by atoms with Gasteiger partial charge in [-0.15, -0.1) is 11.3 Å². The molecule has 2 N–H and O–H groups in total. The molecule has 0 fully saturated rings. The van der Waals surface area contributed by atoms with Gasteiger partial charge in [0.05, 0.1) is 15.7 Å². The SMILES string of the molecule is NC1CCc2cc3ncsc3cc2C1. The first kappa shape index (κ1) is 8.38. The lowest BCUT2D eigenvalue weighted by Gasteiger charge is -2.21. The zero-order valence-corrected chi connectivity index (χ0v) is 8.68. The smallest absolute Gasteiger partial charge is 0.0814 e. The quantitative estimate of drug-likeness (QED) is 0.714. The number of nitrogens with zero attached hydrogens (tertiary/aromatic N) is 1. The zero-order valence-electron chi connectivity index (χ0n) is 7.86. The molecule has 0 amide bonds. The average molecular weight is 204 g/mol. The molecule has 2 nitrogen and oxygen atoms in total. The highest BCUT2D eigenvalue weighted by atomic mass is 32.1. The molecule has 14 heavy (non-hydrogen) atoms. The van der Waals surface area contributed by atoms with Crippen LogP contribution in [0.15, 0.2) is 17.6 Å². The first-order valence-corrected chi connectivity index (χ1v) is 5.81. The Labute approximate surface area is 86.8 Å². The van der Waals surface area contributed by atoms with Crippen LogP contribution in [-0.2, 0) is 12.8 Å². The fourth-order valence-electron chi connectivity index (χ4n) is 2.14. The Morgan fingerprint density at radius 3 is 3.21 bits per heavy atom. The van der Waals surface area contributed by atoms with Gasteiger partial charge in [-0.2, -0.15) is 0 Å². The van der Waals surface area contributed by atoms with Crippen molar-refractivity contribution in [2.24, 2.45) is 5.73 Å². The minimum Gasteiger partial charge on any atom is -0.327 e. The first-order chi connectivity index (χ1) is 6.83. The van der Waals surface area contributed by atoms with Crippen LogP contribution in [-0.4, -0.2) is 11.0 Å². The Morgan fingerprint density at radius 1 is 1.36 bits per heavy atom. The first-order valence-electron chi connectivity index (χ1n) is 4.93. The molecule has 3 rings (SSSR count). The van der Waals surface area contributed by atoms with Gasteiger partial charge >= 0.3 is 0 Å². The highest BCUT2D eigenvalue weighted by Crippen LogP contribution is 2.27. The lowest BCUT2D eigenvalue weighted by Crippen LogP contribution is -2.27. The van der Waals surface area contributed by atoms with Crippen molar-refractivity contribution in [1.29, 1.82) is 0 Å². The third-order valence-electron chi connectivity index (χ3n) is 2.92. The molecule has 1 unspecified atom stereocenters. The number of rotatable bonds is 0. The second kappa shape index (κ2) is 3.04. The highest BCUT2D eigenvalue weighted by molar-refractivity contribution is 7.16. The molecule has 0 spiro atoms. The summed E-state index contributed by atoms with van der Waals surface area (Å²) in [5, 5.41) is 0. The molecule has 0 saturated heterocycles. The largest absolute Gasteiger partial charge is 0.327 e. The number of aryl methyl sites for hydroxylation is 1. The number of benzene rings is 1. The summed E-state index contributed by atoms with van der Waals surface area (Å²) in [4.78, 5) is 4.33. The van der Waals surface area contributed by atoms with Gasteiger partial charge in [0, 0.05) is 6.04 Å². The van der Waals surface area contributed by atoms with Crippen molar-refractivity contribution in [3.8, 4) is 0 Å². The van der Waals surface area contributed by atoms with E-state index in [0.29, 0.717) is 6.04 Å². The van der Waals surface area contributed by atoms with Crippen molar-refractivity contribution in [2.75, 3.05) is 0 Å². The zero-order chi connectivity index (χ0) is 9.54. The minimum atomic E-state index is 0.355. The van der Waals surface area contributed by atoms with Gasteiger partial charge in [-0.05, 0) is 42.5 Å². The molecule has 1 heterocycles. The summed E-state index contributed by atoms with van der Waals surface area (Å²) in [6.45, 7) is 0. The van der Waals surface area contributed by atoms with Crippen LogP contribution in [0.25, 0.3) is 10.2 Å². The molecule has 1 atom stereocenters. The molecule has 0 aliphatic heterocycles. The van der Waals surface area contributed by atoms with E-state index in [1.165, 1.54) is 15.8 Å². The second-order valence-corrected chi connectivity index (χ2v) is 4.83. The predicted octanol–water partition coefficient (Wildman–Crippen LogP) is 2.11. The topological polar surface area (TPSA) is 38.9 Å². The molecule has 1 aliphatic carbocycles. The normalized spacial score (nSPS) is 21.1. The summed E-state index contributed by atoms with van der Waals surface area (Å²) < 4.78 is 1.29. The molecule has 1 aromatic carbocycles. The summed E-state index contributed by atoms with van der Waals surface area (Å²) in [6, 6.07) is 4.85. The van der Waals surface area contributed by atoms with E-state index in [2.05, 4.69) is 17.1 Å². The van der Waals surface area contributed by atoms with Crippen LogP contribution in [0.1, 0.15) is 17.5 Å². The summed E-state index contributed by atoms with van der Waals surface area (Å²) in [5.74, 6) is 0. The molecule has 0 bridgehead atoms. The Balaban J connectivity index is 2.19. The van der Waals surface area contributed by atoms with Gasteiger partial charge in [-0.1, -0.05) is 0 Å². The average Bonchev–Trinajstić information content (AvgIpc) is 2.61. The highest BCUT2D eigenvalue weighted by Gasteiger charge is 2.16. The van der Waals surface area contributed by atoms with E-state index in [1.54, 1.807) is 11.3 Å². The van der Waals surface area contributed by atoms with Crippen LogP contribution in [0.5, 0.6) is 0 Å². The number of nitrogens with two attached hydrogens (primary N) is 1. The third kappa shape index (κ3) is 1.24. The standard InChI is InChI=1S/C11H12N2S/c12-9-2-1-7-4-10-11(14-6-13-10)5-8(7)3-9/h4-6,9H,1-3,12H2. The van der Waals surface area contributed by atoms with E-state index >= 15 is 0 Å². The van der Waals surface area contributed by atoms with Crippen LogP contribution in [0.2, 0.25) is 0 Å². The summed E-state index contributed by atoms with van der Waals surface area (Å²) in [5.41, 5.74) is 11.9. The van der Waals surface area contributed by atoms with Gasteiger partial charge in [0.25, 0.3) is 0 Å². The maximum absolute atomic E-state index is 5.96. The molecular weight excluding hydrogens is 192 g/mol. The Kier molecular flexibility index (Phi) is 1.82. The Morgan fingerprint density at radius 2 is 2.29 bits per heavy atom. The Hall–Kier alpha value is -0.930. The maximum Gasteiger partial charge on any atom is 0.0814 e. The van der Waals surface area contributed by atoms with Gasteiger partial charge in [0.1, 0.15) is 0 Å². The molecule has 2 aromatic rings. The van der Waals surface area contributed by atoms with Gasteiger partial charge in [0.15, 0.2) is 0 Å². The second-order valence-electron chi connectivity index (χ2n) is 3.94. The Bertz CT molecular complexity index is 475. The van der Waals surface area contributed by atoms with Gasteiger partial charge in [0.2, 0.25) is 0 Å². The van der Waals surface area contributed by atoms with Crippen molar-refractivity contribution in [1.82, 2.24) is 4.98 Å². The fraction of sp³-hybridized carbons (Fsp3) is 0.364. The molecule has 1 aromatic heterocycles. The molecule has 72 valence electrons. The molecule has 1 aliphatic rings. The summed E-state index contributed by atoms with van der Waals surface area (Å²) >= 11 is 1.71. The number of aromatic nitrogens is 1. The van der Waals surface area contributed by atoms with Crippen molar-refractivity contribution >= 4 is 21.6 Å². The van der Waals surface area contributed by atoms with Gasteiger partial charge in [-0.3, -0.25) is 0 Å². The monoisotopic (exact) mass is 204 g/mol. The number of fused-ring (bicyclic) bond motifs is 2. The predicted molar refractivity (Wildman–Crippen MR) is 59.6 cm³/mol. The van der Waals surface area contributed by atoms with E-state index < -0.39 is 0 Å². The number of hydrogen-bond acceptors (Lipinski definition) is 3. The van der Waals surface area contributed by atoms with Crippen LogP contribution in [0.4, 0.5) is 0 Å².